The third-order valence-corrected chi connectivity index (χ3v) is 17.5. The van der Waals surface area contributed by atoms with Crippen molar-refractivity contribution in [3.05, 3.63) is 262 Å². The number of carbonyl (C=O) groups excluding carboxylic acids is 4. The van der Waals surface area contributed by atoms with Gasteiger partial charge in [0.05, 0.1) is 52.2 Å². The first-order valence-corrected chi connectivity index (χ1v) is 32.5. The van der Waals surface area contributed by atoms with Gasteiger partial charge < -0.3 is 19.3 Å². The van der Waals surface area contributed by atoms with Crippen LogP contribution in [0, 0.1) is 0 Å². The van der Waals surface area contributed by atoms with Crippen molar-refractivity contribution in [1.82, 2.24) is 29.4 Å². The predicted octanol–water partition coefficient (Wildman–Crippen LogP) is 16.3. The molecule has 0 radical (unpaired) electrons. The Morgan fingerprint density at radius 1 is 0.484 bits per heavy atom. The van der Waals surface area contributed by atoms with Crippen LogP contribution in [0.25, 0.3) is 44.1 Å². The molecule has 2 atom stereocenters. The standard InChI is InChI=1S/C38H35N3O4.C28H28N2O2.C10H8BrNO2/c1-2-31(26-10-4-3-5-11-26)36(28-17-20-34-29(24-28)25-39-41(34)35-14-8-9-22-45-35)27-15-18-30(19-16-27)44-23-21-40-37(42)32-12-6-7-13-33(32)38(40)43;1-2-25(20-8-4-3-5-9-20)28(21-11-14-24(31)15-12-21)22-13-16-26-23(18-22)19-29-30(26)27-10-6-7-17-32-27;11-5-6-12-9(13)7-3-1-2-4-8(7)10(12)14/h3-7,10-13,15-20,24-25,35H,2,8-9,14,21-23H2,1H3;3-5,8-9,11-16,18-19,27,31H,2,6-7,10,17H2,1H3;1-4H,5-6H2/b36-31+;28-25+;. The minimum absolute atomic E-state index is 0.0165. The van der Waals surface area contributed by atoms with Crippen LogP contribution in [0.3, 0.4) is 0 Å². The number of aromatic hydroxyl groups is 1. The number of halogens is 1. The van der Waals surface area contributed by atoms with Gasteiger partial charge in [-0.3, -0.25) is 29.0 Å². The number of phenols is 1. The number of hydrogen-bond acceptors (Lipinski definition) is 10. The van der Waals surface area contributed by atoms with Gasteiger partial charge in [0.25, 0.3) is 23.6 Å². The van der Waals surface area contributed by atoms with Gasteiger partial charge in [0.2, 0.25) is 0 Å². The second-order valence-corrected chi connectivity index (χ2v) is 23.5. The number of imide groups is 2. The van der Waals surface area contributed by atoms with Gasteiger partial charge in [0.15, 0.2) is 12.5 Å². The molecule has 0 aliphatic carbocycles. The van der Waals surface area contributed by atoms with Crippen molar-refractivity contribution < 1.29 is 38.5 Å². The molecule has 4 amide bonds. The lowest BCUT2D eigenvalue weighted by atomic mass is 9.88. The minimum Gasteiger partial charge on any atom is -0.508 e. The number of nitrogens with zero attached hydrogens (tertiary/aromatic N) is 6. The zero-order valence-corrected chi connectivity index (χ0v) is 52.6. The molecule has 460 valence electrons. The van der Waals surface area contributed by atoms with Crippen LogP contribution in [0.4, 0.5) is 0 Å². The van der Waals surface area contributed by atoms with Crippen molar-refractivity contribution in [2.75, 3.05) is 38.2 Å². The van der Waals surface area contributed by atoms with Crippen LogP contribution in [0.1, 0.15) is 152 Å². The highest BCUT2D eigenvalue weighted by atomic mass is 79.9. The number of aromatic nitrogens is 4. The number of alkyl halides is 1. The monoisotopic (exact) mass is 1270 g/mol. The van der Waals surface area contributed by atoms with Gasteiger partial charge in [-0.05, 0) is 180 Å². The largest absolute Gasteiger partial charge is 0.508 e. The number of allylic oxidation sites excluding steroid dienone is 2. The number of phenolic OH excluding ortho intramolecular Hbond substituents is 1. The molecular weight excluding hydrogens is 1200 g/mol. The van der Waals surface area contributed by atoms with Gasteiger partial charge in [0.1, 0.15) is 18.1 Å². The summed E-state index contributed by atoms with van der Waals surface area (Å²) in [5, 5.41) is 22.0. The average Bonchev–Trinajstić information content (AvgIpc) is 2.43. The van der Waals surface area contributed by atoms with E-state index in [-0.39, 0.29) is 55.0 Å². The van der Waals surface area contributed by atoms with Crippen molar-refractivity contribution >= 4 is 83.7 Å². The Morgan fingerprint density at radius 2 is 0.879 bits per heavy atom. The van der Waals surface area contributed by atoms with E-state index < -0.39 is 0 Å². The topological polar surface area (TPSA) is 158 Å². The van der Waals surface area contributed by atoms with Crippen LogP contribution < -0.4 is 4.74 Å². The zero-order chi connectivity index (χ0) is 62.8. The maximum Gasteiger partial charge on any atom is 0.261 e. The number of carbonyl (C=O) groups is 4. The van der Waals surface area contributed by atoms with Gasteiger partial charge in [-0.15, -0.1) is 0 Å². The molecule has 2 fully saturated rings. The van der Waals surface area contributed by atoms with E-state index in [1.54, 1.807) is 60.7 Å². The molecule has 91 heavy (non-hydrogen) atoms. The Labute approximate surface area is 538 Å². The van der Waals surface area contributed by atoms with E-state index in [9.17, 15) is 24.3 Å². The molecule has 4 aliphatic rings. The SMILES string of the molecule is CC/C(=C(/c1ccc(O)cc1)c1ccc2c(cnn2C2CCCCO2)c1)c1ccccc1.CC/C(=C(/c1ccc(OCCN2C(=O)c3ccccc3C2=O)cc1)c1ccc2c(cnn2C2CCCCO2)c1)c1ccccc1.O=C1c2ccccc2C(=O)N1CCBr. The molecule has 2 saturated heterocycles. The molecule has 6 heterocycles. The number of hydrogen-bond donors (Lipinski definition) is 1. The normalized spacial score (nSPS) is 16.8. The first-order valence-electron chi connectivity index (χ1n) is 31.4. The summed E-state index contributed by atoms with van der Waals surface area (Å²) in [7, 11) is 0. The third-order valence-electron chi connectivity index (χ3n) is 17.1. The molecule has 14 rings (SSSR count). The molecule has 15 heteroatoms. The zero-order valence-electron chi connectivity index (χ0n) is 51.1. The quantitative estimate of drug-likeness (QED) is 0.0561. The van der Waals surface area contributed by atoms with Crippen LogP contribution in [0.15, 0.2) is 207 Å². The van der Waals surface area contributed by atoms with Crippen molar-refractivity contribution in [2.45, 2.75) is 77.7 Å². The van der Waals surface area contributed by atoms with E-state index >= 15 is 0 Å². The number of ether oxygens (including phenoxy) is 3. The van der Waals surface area contributed by atoms with Crippen LogP contribution in [-0.4, -0.2) is 96.3 Å². The fourth-order valence-electron chi connectivity index (χ4n) is 12.6. The molecule has 1 N–H and O–H groups in total. The second kappa shape index (κ2) is 28.5. The molecule has 2 aromatic heterocycles. The van der Waals surface area contributed by atoms with E-state index in [4.69, 9.17) is 19.3 Å². The summed E-state index contributed by atoms with van der Waals surface area (Å²) < 4.78 is 22.1. The summed E-state index contributed by atoms with van der Waals surface area (Å²) in [4.78, 5) is 51.3. The maximum atomic E-state index is 12.7. The van der Waals surface area contributed by atoms with E-state index in [0.717, 1.165) is 108 Å². The Kier molecular flexibility index (Phi) is 19.3. The number of amides is 4. The Balaban J connectivity index is 0.000000150. The molecule has 0 bridgehead atoms. The summed E-state index contributed by atoms with van der Waals surface area (Å²) in [6, 6.07) is 63.6. The summed E-state index contributed by atoms with van der Waals surface area (Å²) in [6.07, 6.45) is 12.2. The molecule has 0 spiro atoms. The fraction of sp³-hybridized carbons (Fsp3) is 0.237. The highest BCUT2D eigenvalue weighted by Gasteiger charge is 2.36. The molecule has 0 saturated carbocycles. The summed E-state index contributed by atoms with van der Waals surface area (Å²) in [5.41, 5.74) is 15.8. The Morgan fingerprint density at radius 3 is 1.27 bits per heavy atom. The van der Waals surface area contributed by atoms with Gasteiger partial charge in [-0.25, -0.2) is 9.36 Å². The van der Waals surface area contributed by atoms with E-state index in [2.05, 4.69) is 132 Å². The number of rotatable bonds is 16. The minimum atomic E-state index is -0.272. The lowest BCUT2D eigenvalue weighted by Crippen LogP contribution is -2.33. The second-order valence-electron chi connectivity index (χ2n) is 22.7. The van der Waals surface area contributed by atoms with E-state index in [1.807, 2.05) is 58.2 Å². The first-order chi connectivity index (χ1) is 44.6. The molecule has 8 aromatic carbocycles. The van der Waals surface area contributed by atoms with Crippen molar-refractivity contribution in [2.24, 2.45) is 0 Å². The average molecular weight is 1280 g/mol. The molecule has 14 nitrogen and oxygen atoms in total. The fourth-order valence-corrected chi connectivity index (χ4v) is 13.0. The lowest BCUT2D eigenvalue weighted by Gasteiger charge is -2.23. The first kappa shape index (κ1) is 61.7. The van der Waals surface area contributed by atoms with Crippen molar-refractivity contribution in [3.63, 3.8) is 0 Å². The summed E-state index contributed by atoms with van der Waals surface area (Å²) in [6.45, 7) is 6.78. The van der Waals surface area contributed by atoms with Gasteiger partial charge in [0, 0.05) is 35.9 Å². The molecule has 10 aromatic rings. The highest BCUT2D eigenvalue weighted by molar-refractivity contribution is 9.09. The van der Waals surface area contributed by atoms with Crippen molar-refractivity contribution in [3.8, 4) is 11.5 Å². The summed E-state index contributed by atoms with van der Waals surface area (Å²) in [5.74, 6) is 0.0269. The molecule has 2 unspecified atom stereocenters. The van der Waals surface area contributed by atoms with Gasteiger partial charge in [-0.1, -0.05) is 151 Å². The van der Waals surface area contributed by atoms with Crippen LogP contribution in [0.2, 0.25) is 0 Å². The Bertz CT molecular complexity index is 4250. The van der Waals surface area contributed by atoms with Crippen LogP contribution >= 0.6 is 15.9 Å². The smallest absolute Gasteiger partial charge is 0.261 e. The van der Waals surface area contributed by atoms with E-state index in [1.165, 1.54) is 44.1 Å². The third kappa shape index (κ3) is 13.2. The van der Waals surface area contributed by atoms with Gasteiger partial charge >= 0.3 is 0 Å². The predicted molar refractivity (Wildman–Crippen MR) is 360 cm³/mol. The molecule has 4 aliphatic heterocycles. The van der Waals surface area contributed by atoms with Crippen LogP contribution in [-0.2, 0) is 9.47 Å². The maximum absolute atomic E-state index is 12.7. The van der Waals surface area contributed by atoms with Gasteiger partial charge in [-0.2, -0.15) is 10.2 Å². The lowest BCUT2D eigenvalue weighted by molar-refractivity contribution is -0.0367. The van der Waals surface area contributed by atoms with Crippen molar-refractivity contribution in [1.29, 1.82) is 0 Å². The summed E-state index contributed by atoms with van der Waals surface area (Å²) >= 11 is 3.21. The number of benzene rings is 8. The Hall–Kier alpha value is -9.54. The van der Waals surface area contributed by atoms with Crippen LogP contribution in [0.5, 0.6) is 11.5 Å². The highest BCUT2D eigenvalue weighted by Crippen LogP contribution is 2.40. The number of fused-ring (bicyclic) bond motifs is 4. The van der Waals surface area contributed by atoms with E-state index in [0.29, 0.717) is 39.9 Å². The molecular formula is C76H71BrN6O8.